The lowest BCUT2D eigenvalue weighted by atomic mass is 10.2. The number of methoxy groups -OCH3 is 1. The third-order valence-corrected chi connectivity index (χ3v) is 7.86. The van der Waals surface area contributed by atoms with Crippen molar-refractivity contribution in [3.63, 3.8) is 0 Å². The number of rotatable bonds is 12. The second-order valence-electron chi connectivity index (χ2n) is 8.69. The summed E-state index contributed by atoms with van der Waals surface area (Å²) in [5.74, 6) is 0.477. The molecule has 0 saturated heterocycles. The SMILES string of the molecule is COc1cc(/C=N\NC(=O)CN(Cc2ccccc2)S(=O)(=O)c2ccc(Cl)cc2)ccc1OCc1ccccc1. The molecular formula is C30H28ClN3O5S. The Hall–Kier alpha value is -4.18. The zero-order valence-electron chi connectivity index (χ0n) is 21.7. The zero-order chi connectivity index (χ0) is 28.4. The van der Waals surface area contributed by atoms with Crippen molar-refractivity contribution in [1.82, 2.24) is 9.73 Å². The van der Waals surface area contributed by atoms with Crippen molar-refractivity contribution in [2.45, 2.75) is 18.0 Å². The largest absolute Gasteiger partial charge is 0.493 e. The van der Waals surface area contributed by atoms with E-state index in [4.69, 9.17) is 21.1 Å². The van der Waals surface area contributed by atoms with Crippen LogP contribution in [0.5, 0.6) is 11.5 Å². The van der Waals surface area contributed by atoms with Crippen molar-refractivity contribution < 1.29 is 22.7 Å². The summed E-state index contributed by atoms with van der Waals surface area (Å²) in [6.45, 7) is -0.0452. The van der Waals surface area contributed by atoms with Crippen LogP contribution in [0.1, 0.15) is 16.7 Å². The summed E-state index contributed by atoms with van der Waals surface area (Å²) in [6.07, 6.45) is 1.44. The number of ether oxygens (including phenoxy) is 2. The topological polar surface area (TPSA) is 97.3 Å². The van der Waals surface area contributed by atoms with Gasteiger partial charge < -0.3 is 9.47 Å². The van der Waals surface area contributed by atoms with Gasteiger partial charge in [0, 0.05) is 11.6 Å². The lowest BCUT2D eigenvalue weighted by Gasteiger charge is -2.21. The molecule has 40 heavy (non-hydrogen) atoms. The van der Waals surface area contributed by atoms with E-state index < -0.39 is 22.5 Å². The molecule has 4 aromatic carbocycles. The van der Waals surface area contributed by atoms with Crippen LogP contribution >= 0.6 is 11.6 Å². The second-order valence-corrected chi connectivity index (χ2v) is 11.1. The van der Waals surface area contributed by atoms with Gasteiger partial charge in [0.25, 0.3) is 5.91 Å². The average molecular weight is 578 g/mol. The summed E-state index contributed by atoms with van der Waals surface area (Å²) in [7, 11) is -2.46. The number of nitrogens with zero attached hydrogens (tertiary/aromatic N) is 2. The zero-order valence-corrected chi connectivity index (χ0v) is 23.3. The Morgan fingerprint density at radius 3 is 2.20 bits per heavy atom. The molecule has 0 aromatic heterocycles. The summed E-state index contributed by atoms with van der Waals surface area (Å²) in [4.78, 5) is 12.8. The van der Waals surface area contributed by atoms with Crippen LogP contribution in [0.15, 0.2) is 113 Å². The molecule has 206 valence electrons. The first-order valence-electron chi connectivity index (χ1n) is 12.3. The molecule has 1 amide bonds. The highest BCUT2D eigenvalue weighted by Crippen LogP contribution is 2.28. The molecule has 0 spiro atoms. The average Bonchev–Trinajstić information content (AvgIpc) is 2.97. The van der Waals surface area contributed by atoms with Crippen LogP contribution < -0.4 is 14.9 Å². The number of carbonyl (C=O) groups excluding carboxylic acids is 1. The van der Waals surface area contributed by atoms with E-state index in [1.807, 2.05) is 36.4 Å². The van der Waals surface area contributed by atoms with Gasteiger partial charge in [-0.1, -0.05) is 72.3 Å². The summed E-state index contributed by atoms with van der Waals surface area (Å²) in [5.41, 5.74) is 4.82. The lowest BCUT2D eigenvalue weighted by Crippen LogP contribution is -2.39. The molecule has 0 saturated carbocycles. The van der Waals surface area contributed by atoms with Crippen LogP contribution in [0, 0.1) is 0 Å². The van der Waals surface area contributed by atoms with Crippen LogP contribution in [0.25, 0.3) is 0 Å². The fourth-order valence-corrected chi connectivity index (χ4v) is 5.27. The Labute approximate surface area is 238 Å². The molecule has 0 aliphatic heterocycles. The van der Waals surface area contributed by atoms with Crippen LogP contribution in [0.2, 0.25) is 5.02 Å². The number of benzene rings is 4. The molecule has 0 aliphatic rings. The molecule has 10 heteroatoms. The number of hydrogen-bond donors (Lipinski definition) is 1. The van der Waals surface area contributed by atoms with Crippen molar-refractivity contribution in [2.75, 3.05) is 13.7 Å². The van der Waals surface area contributed by atoms with Gasteiger partial charge >= 0.3 is 0 Å². The van der Waals surface area contributed by atoms with Gasteiger partial charge in [0.15, 0.2) is 11.5 Å². The number of halogens is 1. The summed E-state index contributed by atoms with van der Waals surface area (Å²) in [6, 6.07) is 29.8. The maximum Gasteiger partial charge on any atom is 0.255 e. The van der Waals surface area contributed by atoms with E-state index in [1.54, 1.807) is 42.5 Å². The number of hydrogen-bond acceptors (Lipinski definition) is 6. The van der Waals surface area contributed by atoms with Gasteiger partial charge in [-0.25, -0.2) is 13.8 Å². The molecule has 0 fully saturated rings. The monoisotopic (exact) mass is 577 g/mol. The quantitative estimate of drug-likeness (QED) is 0.183. The van der Waals surface area contributed by atoms with E-state index in [0.717, 1.165) is 15.4 Å². The van der Waals surface area contributed by atoms with Crippen LogP contribution in [0.3, 0.4) is 0 Å². The Balaban J connectivity index is 1.42. The molecule has 4 aromatic rings. The minimum Gasteiger partial charge on any atom is -0.493 e. The highest BCUT2D eigenvalue weighted by atomic mass is 35.5. The number of nitrogens with one attached hydrogen (secondary N) is 1. The first-order chi connectivity index (χ1) is 19.3. The highest BCUT2D eigenvalue weighted by molar-refractivity contribution is 7.89. The predicted octanol–water partition coefficient (Wildman–Crippen LogP) is 5.27. The second kappa shape index (κ2) is 13.7. The number of sulfonamides is 1. The normalized spacial score (nSPS) is 11.5. The van der Waals surface area contributed by atoms with Gasteiger partial charge in [-0.15, -0.1) is 0 Å². The van der Waals surface area contributed by atoms with Gasteiger partial charge in [-0.3, -0.25) is 4.79 Å². The van der Waals surface area contributed by atoms with Gasteiger partial charge in [0.05, 0.1) is 24.8 Å². The third kappa shape index (κ3) is 7.92. The minimum absolute atomic E-state index is 0.00454. The number of carbonyl (C=O) groups is 1. The van der Waals surface area contributed by atoms with Gasteiger partial charge in [0.1, 0.15) is 6.61 Å². The van der Waals surface area contributed by atoms with Crippen LogP contribution in [-0.4, -0.2) is 38.5 Å². The van der Waals surface area contributed by atoms with Gasteiger partial charge in [-0.2, -0.15) is 9.41 Å². The van der Waals surface area contributed by atoms with E-state index in [1.165, 1.54) is 37.6 Å². The van der Waals surface area contributed by atoms with Crippen molar-refractivity contribution in [3.8, 4) is 11.5 Å². The molecule has 4 rings (SSSR count). The molecule has 0 aliphatic carbocycles. The molecule has 8 nitrogen and oxygen atoms in total. The van der Waals surface area contributed by atoms with E-state index in [-0.39, 0.29) is 11.4 Å². The van der Waals surface area contributed by atoms with E-state index >= 15 is 0 Å². The first kappa shape index (κ1) is 28.8. The first-order valence-corrected chi connectivity index (χ1v) is 14.1. The standard InChI is InChI=1S/C30H28ClN3O5S/c1-38-29-18-25(12-17-28(29)39-22-24-10-6-3-7-11-24)19-32-33-30(35)21-34(20-23-8-4-2-5-9-23)40(36,37)27-15-13-26(31)14-16-27/h2-19H,20-22H2,1H3,(H,33,35)/b32-19-. The molecule has 1 N–H and O–H groups in total. The van der Waals surface area contributed by atoms with Crippen molar-refractivity contribution >= 4 is 33.7 Å². The van der Waals surface area contributed by atoms with Crippen LogP contribution in [0.4, 0.5) is 0 Å². The summed E-state index contributed by atoms with van der Waals surface area (Å²) >= 11 is 5.93. The minimum atomic E-state index is -4.00. The summed E-state index contributed by atoms with van der Waals surface area (Å²) in [5, 5.41) is 4.42. The summed E-state index contributed by atoms with van der Waals surface area (Å²) < 4.78 is 39.1. The Bertz CT molecular complexity index is 1550. The highest BCUT2D eigenvalue weighted by Gasteiger charge is 2.27. The lowest BCUT2D eigenvalue weighted by molar-refractivity contribution is -0.121. The maximum atomic E-state index is 13.4. The Morgan fingerprint density at radius 1 is 0.900 bits per heavy atom. The number of amides is 1. The molecule has 0 radical (unpaired) electrons. The van der Waals surface area contributed by atoms with E-state index in [9.17, 15) is 13.2 Å². The predicted molar refractivity (Wildman–Crippen MR) is 155 cm³/mol. The van der Waals surface area contributed by atoms with Crippen molar-refractivity contribution in [3.05, 3.63) is 125 Å². The van der Waals surface area contributed by atoms with E-state index in [0.29, 0.717) is 28.7 Å². The molecule has 0 heterocycles. The molecular weight excluding hydrogens is 550 g/mol. The number of hydrazone groups is 1. The van der Waals surface area contributed by atoms with Gasteiger partial charge in [-0.05, 0) is 59.2 Å². The Morgan fingerprint density at radius 2 is 1.55 bits per heavy atom. The van der Waals surface area contributed by atoms with E-state index in [2.05, 4.69) is 10.5 Å². The third-order valence-electron chi connectivity index (χ3n) is 5.80. The Kier molecular flexibility index (Phi) is 9.91. The fourth-order valence-electron chi connectivity index (χ4n) is 3.76. The van der Waals surface area contributed by atoms with Crippen molar-refractivity contribution in [2.24, 2.45) is 5.10 Å². The van der Waals surface area contributed by atoms with Gasteiger partial charge in [0.2, 0.25) is 10.0 Å². The smallest absolute Gasteiger partial charge is 0.255 e. The maximum absolute atomic E-state index is 13.4. The molecule has 0 unspecified atom stereocenters. The molecule has 0 bridgehead atoms. The van der Waals surface area contributed by atoms with Crippen molar-refractivity contribution in [1.29, 1.82) is 0 Å². The fraction of sp³-hybridized carbons (Fsp3) is 0.133. The van der Waals surface area contributed by atoms with Crippen LogP contribution in [-0.2, 0) is 28.0 Å². The molecule has 0 atom stereocenters.